The highest BCUT2D eigenvalue weighted by molar-refractivity contribution is 6.07. The second kappa shape index (κ2) is 6.74. The minimum Gasteiger partial charge on any atom is -0.465 e. The predicted molar refractivity (Wildman–Crippen MR) is 81.0 cm³/mol. The van der Waals surface area contributed by atoms with Crippen molar-refractivity contribution in [3.63, 3.8) is 0 Å². The van der Waals surface area contributed by atoms with Crippen LogP contribution in [-0.2, 0) is 9.53 Å². The summed E-state index contributed by atoms with van der Waals surface area (Å²) in [7, 11) is 0. The molecule has 0 bridgehead atoms. The van der Waals surface area contributed by atoms with Gasteiger partial charge in [0.05, 0.1) is 6.61 Å². The predicted octanol–water partition coefficient (Wildman–Crippen LogP) is 2.36. The SMILES string of the molecule is C=CCN(CC(=O)OCC)C(=O)c1cccc2[nH]ccc12. The van der Waals surface area contributed by atoms with Crippen molar-refractivity contribution >= 4 is 22.8 Å². The van der Waals surface area contributed by atoms with E-state index in [0.29, 0.717) is 18.7 Å². The van der Waals surface area contributed by atoms with Gasteiger partial charge in [-0.15, -0.1) is 6.58 Å². The molecule has 1 heterocycles. The molecule has 0 radical (unpaired) electrons. The van der Waals surface area contributed by atoms with E-state index in [1.807, 2.05) is 18.2 Å². The molecule has 0 unspecified atom stereocenters. The molecule has 0 aliphatic heterocycles. The Bertz CT molecular complexity index is 660. The van der Waals surface area contributed by atoms with Crippen molar-refractivity contribution in [3.05, 3.63) is 48.7 Å². The van der Waals surface area contributed by atoms with Crippen LogP contribution in [0.5, 0.6) is 0 Å². The molecule has 5 nitrogen and oxygen atoms in total. The summed E-state index contributed by atoms with van der Waals surface area (Å²) in [6.07, 6.45) is 3.37. The van der Waals surface area contributed by atoms with E-state index >= 15 is 0 Å². The summed E-state index contributed by atoms with van der Waals surface area (Å²) in [6.45, 7) is 5.86. The van der Waals surface area contributed by atoms with Crippen molar-refractivity contribution in [1.29, 1.82) is 0 Å². The van der Waals surface area contributed by atoms with Crippen LogP contribution < -0.4 is 0 Å². The maximum atomic E-state index is 12.6. The minimum absolute atomic E-state index is 0.0838. The summed E-state index contributed by atoms with van der Waals surface area (Å²) >= 11 is 0. The number of hydrogen-bond acceptors (Lipinski definition) is 3. The summed E-state index contributed by atoms with van der Waals surface area (Å²) in [4.78, 5) is 28.8. The maximum Gasteiger partial charge on any atom is 0.325 e. The Balaban J connectivity index is 2.27. The number of amides is 1. The van der Waals surface area contributed by atoms with Gasteiger partial charge in [-0.3, -0.25) is 9.59 Å². The van der Waals surface area contributed by atoms with Crippen LogP contribution in [-0.4, -0.2) is 41.5 Å². The largest absolute Gasteiger partial charge is 0.465 e. The number of esters is 1. The number of nitrogens with zero attached hydrogens (tertiary/aromatic N) is 1. The lowest BCUT2D eigenvalue weighted by Gasteiger charge is -2.20. The van der Waals surface area contributed by atoms with Gasteiger partial charge in [-0.2, -0.15) is 0 Å². The topological polar surface area (TPSA) is 62.4 Å². The molecule has 2 rings (SSSR count). The van der Waals surface area contributed by atoms with Crippen molar-refractivity contribution in [2.75, 3.05) is 19.7 Å². The van der Waals surface area contributed by atoms with Crippen LogP contribution in [0.4, 0.5) is 0 Å². The molecule has 1 aromatic heterocycles. The number of benzene rings is 1. The number of fused-ring (bicyclic) bond motifs is 1. The highest BCUT2D eigenvalue weighted by atomic mass is 16.5. The van der Waals surface area contributed by atoms with E-state index in [9.17, 15) is 9.59 Å². The van der Waals surface area contributed by atoms with Gasteiger partial charge in [-0.05, 0) is 25.1 Å². The monoisotopic (exact) mass is 286 g/mol. The van der Waals surface area contributed by atoms with Crippen LogP contribution in [0.3, 0.4) is 0 Å². The second-order valence-electron chi connectivity index (χ2n) is 4.52. The number of carbonyl (C=O) groups excluding carboxylic acids is 2. The first-order chi connectivity index (χ1) is 10.2. The number of rotatable bonds is 6. The van der Waals surface area contributed by atoms with Crippen LogP contribution in [0.25, 0.3) is 10.9 Å². The zero-order valence-corrected chi connectivity index (χ0v) is 12.0. The van der Waals surface area contributed by atoms with Crippen LogP contribution in [0, 0.1) is 0 Å². The molecule has 0 saturated carbocycles. The first-order valence-electron chi connectivity index (χ1n) is 6.79. The van der Waals surface area contributed by atoms with Gasteiger partial charge in [0.15, 0.2) is 0 Å². The minimum atomic E-state index is -0.422. The number of H-pyrrole nitrogens is 1. The fourth-order valence-electron chi connectivity index (χ4n) is 2.18. The molecule has 1 aromatic carbocycles. The molecule has 0 fully saturated rings. The van der Waals surface area contributed by atoms with Gasteiger partial charge in [0.25, 0.3) is 5.91 Å². The molecule has 1 N–H and O–H groups in total. The lowest BCUT2D eigenvalue weighted by atomic mass is 10.1. The summed E-state index contributed by atoms with van der Waals surface area (Å²) in [6, 6.07) is 7.30. The molecule has 5 heteroatoms. The molecule has 2 aromatic rings. The highest BCUT2D eigenvalue weighted by Crippen LogP contribution is 2.19. The van der Waals surface area contributed by atoms with Crippen LogP contribution in [0.1, 0.15) is 17.3 Å². The number of aromatic nitrogens is 1. The smallest absolute Gasteiger partial charge is 0.325 e. The fourth-order valence-corrected chi connectivity index (χ4v) is 2.18. The van der Waals surface area contributed by atoms with Gasteiger partial charge >= 0.3 is 5.97 Å². The zero-order valence-electron chi connectivity index (χ0n) is 12.0. The first-order valence-corrected chi connectivity index (χ1v) is 6.79. The molecular formula is C16H18N2O3. The summed E-state index contributed by atoms with van der Waals surface area (Å²) in [5.74, 6) is -0.637. The highest BCUT2D eigenvalue weighted by Gasteiger charge is 2.20. The fraction of sp³-hybridized carbons (Fsp3) is 0.250. The normalized spacial score (nSPS) is 10.3. The Morgan fingerprint density at radius 1 is 1.38 bits per heavy atom. The molecule has 0 saturated heterocycles. The number of nitrogens with one attached hydrogen (secondary N) is 1. The van der Waals surface area contributed by atoms with Gasteiger partial charge in [-0.1, -0.05) is 12.1 Å². The Kier molecular flexibility index (Phi) is 4.77. The van der Waals surface area contributed by atoms with E-state index in [1.165, 1.54) is 4.90 Å². The molecule has 110 valence electrons. The van der Waals surface area contributed by atoms with E-state index < -0.39 is 5.97 Å². The van der Waals surface area contributed by atoms with Gasteiger partial charge < -0.3 is 14.6 Å². The van der Waals surface area contributed by atoms with Crippen molar-refractivity contribution in [2.24, 2.45) is 0 Å². The van der Waals surface area contributed by atoms with Crippen molar-refractivity contribution in [1.82, 2.24) is 9.88 Å². The van der Waals surface area contributed by atoms with Crippen LogP contribution >= 0.6 is 0 Å². The molecule has 21 heavy (non-hydrogen) atoms. The van der Waals surface area contributed by atoms with Gasteiger partial charge in [0.2, 0.25) is 0 Å². The van der Waals surface area contributed by atoms with Crippen LogP contribution in [0.15, 0.2) is 43.1 Å². The van der Waals surface area contributed by atoms with Gasteiger partial charge in [0.1, 0.15) is 6.54 Å². The first kappa shape index (κ1) is 14.8. The van der Waals surface area contributed by atoms with Crippen LogP contribution in [0.2, 0.25) is 0 Å². The quantitative estimate of drug-likeness (QED) is 0.655. The molecule has 0 aliphatic carbocycles. The van der Waals surface area contributed by atoms with E-state index in [0.717, 1.165) is 10.9 Å². The van der Waals surface area contributed by atoms with E-state index in [-0.39, 0.29) is 12.5 Å². The molecule has 0 spiro atoms. The Morgan fingerprint density at radius 3 is 2.90 bits per heavy atom. The second-order valence-corrected chi connectivity index (χ2v) is 4.52. The molecule has 0 atom stereocenters. The maximum absolute atomic E-state index is 12.6. The van der Waals surface area contributed by atoms with Crippen molar-refractivity contribution in [3.8, 4) is 0 Å². The van der Waals surface area contributed by atoms with Gasteiger partial charge in [0, 0.05) is 29.2 Å². The number of carbonyl (C=O) groups is 2. The lowest BCUT2D eigenvalue weighted by Crippen LogP contribution is -2.36. The third-order valence-corrected chi connectivity index (χ3v) is 3.09. The van der Waals surface area contributed by atoms with Crippen molar-refractivity contribution in [2.45, 2.75) is 6.92 Å². The summed E-state index contributed by atoms with van der Waals surface area (Å²) < 4.78 is 4.90. The van der Waals surface area contributed by atoms with E-state index in [4.69, 9.17) is 4.74 Å². The Hall–Kier alpha value is -2.56. The van der Waals surface area contributed by atoms with Crippen molar-refractivity contribution < 1.29 is 14.3 Å². The summed E-state index contributed by atoms with van der Waals surface area (Å²) in [5, 5.41) is 0.834. The zero-order chi connectivity index (χ0) is 15.2. The third kappa shape index (κ3) is 3.31. The molecule has 1 amide bonds. The Labute approximate surface area is 123 Å². The molecular weight excluding hydrogens is 268 g/mol. The number of ether oxygens (including phenoxy) is 1. The summed E-state index contributed by atoms with van der Waals surface area (Å²) in [5.41, 5.74) is 1.44. The number of aromatic amines is 1. The van der Waals surface area contributed by atoms with Gasteiger partial charge in [-0.25, -0.2) is 0 Å². The van der Waals surface area contributed by atoms with E-state index in [2.05, 4.69) is 11.6 Å². The lowest BCUT2D eigenvalue weighted by molar-refractivity contribution is -0.143. The average molecular weight is 286 g/mol. The Morgan fingerprint density at radius 2 is 2.19 bits per heavy atom. The molecule has 0 aliphatic rings. The standard InChI is InChI=1S/C16H18N2O3/c1-3-10-18(11-15(19)21-4-2)16(20)13-6-5-7-14-12(13)8-9-17-14/h3,5-9,17H,1,4,10-11H2,2H3. The number of hydrogen-bond donors (Lipinski definition) is 1. The van der Waals surface area contributed by atoms with E-state index in [1.54, 1.807) is 25.3 Å². The third-order valence-electron chi connectivity index (χ3n) is 3.09. The average Bonchev–Trinajstić information content (AvgIpc) is 2.94.